The van der Waals surface area contributed by atoms with E-state index in [9.17, 15) is 24.3 Å². The maximum absolute atomic E-state index is 12.5. The molecule has 8 heteroatoms. The van der Waals surface area contributed by atoms with E-state index in [0.29, 0.717) is 18.4 Å². The minimum absolute atomic E-state index is 0.406. The van der Waals surface area contributed by atoms with Crippen molar-refractivity contribution in [1.82, 2.24) is 15.5 Å². The summed E-state index contributed by atoms with van der Waals surface area (Å²) in [6.45, 7) is -0.497. The van der Waals surface area contributed by atoms with Crippen LogP contribution in [-0.4, -0.2) is 45.9 Å². The number of hydrogen-bond acceptors (Lipinski definition) is 4. The van der Waals surface area contributed by atoms with Gasteiger partial charge in [-0.15, -0.1) is 0 Å². The zero-order valence-electron chi connectivity index (χ0n) is 13.5. The number of hydrogen-bond donors (Lipinski definition) is 3. The van der Waals surface area contributed by atoms with Crippen molar-refractivity contribution in [3.8, 4) is 0 Å². The van der Waals surface area contributed by atoms with Gasteiger partial charge in [0, 0.05) is 0 Å². The molecular weight excluding hydrogens is 326 g/mol. The Labute approximate surface area is 144 Å². The molecule has 1 atom stereocenters. The summed E-state index contributed by atoms with van der Waals surface area (Å²) in [7, 11) is 0. The summed E-state index contributed by atoms with van der Waals surface area (Å²) >= 11 is 0. The molecule has 3 N–H and O–H groups in total. The molecule has 8 nitrogen and oxygen atoms in total. The molecule has 2 aliphatic rings. The van der Waals surface area contributed by atoms with Crippen molar-refractivity contribution in [3.05, 3.63) is 35.9 Å². The predicted molar refractivity (Wildman–Crippen MR) is 86.4 cm³/mol. The van der Waals surface area contributed by atoms with Crippen LogP contribution in [0.4, 0.5) is 4.79 Å². The summed E-state index contributed by atoms with van der Waals surface area (Å²) in [4.78, 5) is 49.1. The van der Waals surface area contributed by atoms with E-state index < -0.39 is 41.9 Å². The summed E-state index contributed by atoms with van der Waals surface area (Å²) in [5.74, 6) is -2.32. The summed E-state index contributed by atoms with van der Waals surface area (Å²) in [5, 5.41) is 14.4. The number of carbonyl (C=O) groups excluding carboxylic acids is 3. The van der Waals surface area contributed by atoms with Crippen molar-refractivity contribution in [2.45, 2.75) is 37.3 Å². The zero-order chi connectivity index (χ0) is 18.0. The second-order valence-electron chi connectivity index (χ2n) is 6.36. The molecule has 1 saturated heterocycles. The van der Waals surface area contributed by atoms with Crippen LogP contribution in [0.5, 0.6) is 0 Å². The third-order valence-electron chi connectivity index (χ3n) is 4.69. The number of urea groups is 1. The van der Waals surface area contributed by atoms with Gasteiger partial charge in [-0.05, 0) is 18.4 Å². The van der Waals surface area contributed by atoms with Gasteiger partial charge in [0.1, 0.15) is 12.1 Å². The fourth-order valence-electron chi connectivity index (χ4n) is 3.42. The van der Waals surface area contributed by atoms with Gasteiger partial charge in [0.15, 0.2) is 6.04 Å². The summed E-state index contributed by atoms with van der Waals surface area (Å²) in [6, 6.07) is 6.39. The molecular formula is C17H19N3O5. The van der Waals surface area contributed by atoms with E-state index >= 15 is 0 Å². The highest BCUT2D eigenvalue weighted by atomic mass is 16.4. The van der Waals surface area contributed by atoms with Crippen molar-refractivity contribution in [2.24, 2.45) is 0 Å². The Hall–Kier alpha value is -2.90. The maximum Gasteiger partial charge on any atom is 0.330 e. The van der Waals surface area contributed by atoms with Crippen LogP contribution in [0.1, 0.15) is 37.3 Å². The number of aliphatic carboxylic acids is 1. The van der Waals surface area contributed by atoms with Gasteiger partial charge < -0.3 is 15.7 Å². The first-order valence-corrected chi connectivity index (χ1v) is 8.14. The van der Waals surface area contributed by atoms with Gasteiger partial charge in [0.25, 0.3) is 5.91 Å². The molecule has 3 rings (SSSR count). The molecule has 0 aromatic heterocycles. The topological polar surface area (TPSA) is 116 Å². The van der Waals surface area contributed by atoms with Gasteiger partial charge in [-0.2, -0.15) is 0 Å². The lowest BCUT2D eigenvalue weighted by atomic mass is 9.98. The van der Waals surface area contributed by atoms with Crippen LogP contribution in [0, 0.1) is 0 Å². The van der Waals surface area contributed by atoms with Gasteiger partial charge in [0.05, 0.1) is 0 Å². The van der Waals surface area contributed by atoms with Crippen LogP contribution in [0.15, 0.2) is 30.3 Å². The van der Waals surface area contributed by atoms with Crippen molar-refractivity contribution in [2.75, 3.05) is 6.54 Å². The molecule has 1 aliphatic carbocycles. The van der Waals surface area contributed by atoms with E-state index in [0.717, 1.165) is 17.7 Å². The van der Waals surface area contributed by atoms with E-state index in [1.165, 1.54) is 0 Å². The second kappa shape index (κ2) is 6.54. The Morgan fingerprint density at radius 2 is 1.84 bits per heavy atom. The molecule has 2 fully saturated rings. The predicted octanol–water partition coefficient (Wildman–Crippen LogP) is 0.793. The number of amides is 4. The number of nitrogens with one attached hydrogen (secondary N) is 2. The van der Waals surface area contributed by atoms with Gasteiger partial charge >= 0.3 is 12.0 Å². The lowest BCUT2D eigenvalue weighted by Crippen LogP contribution is -2.46. The molecule has 1 aromatic rings. The second-order valence-corrected chi connectivity index (χ2v) is 6.36. The highest BCUT2D eigenvalue weighted by Crippen LogP contribution is 2.34. The lowest BCUT2D eigenvalue weighted by Gasteiger charge is -2.20. The Bertz CT molecular complexity index is 712. The van der Waals surface area contributed by atoms with Crippen LogP contribution < -0.4 is 10.6 Å². The number of carboxylic acids is 1. The van der Waals surface area contributed by atoms with E-state index in [1.54, 1.807) is 30.3 Å². The first kappa shape index (κ1) is 16.9. The van der Waals surface area contributed by atoms with E-state index in [2.05, 4.69) is 10.6 Å². The van der Waals surface area contributed by atoms with Gasteiger partial charge in [0.2, 0.25) is 5.91 Å². The van der Waals surface area contributed by atoms with Gasteiger partial charge in [-0.25, -0.2) is 9.59 Å². The van der Waals surface area contributed by atoms with Crippen molar-refractivity contribution in [1.29, 1.82) is 0 Å². The van der Waals surface area contributed by atoms with Crippen molar-refractivity contribution < 1.29 is 24.3 Å². The van der Waals surface area contributed by atoms with E-state index in [1.807, 2.05) is 0 Å². The molecule has 1 aliphatic heterocycles. The Morgan fingerprint density at radius 1 is 1.20 bits per heavy atom. The fraction of sp³-hybridized carbons (Fsp3) is 0.412. The zero-order valence-corrected chi connectivity index (χ0v) is 13.5. The first-order chi connectivity index (χ1) is 11.9. The average molecular weight is 345 g/mol. The van der Waals surface area contributed by atoms with Crippen LogP contribution in [0.3, 0.4) is 0 Å². The summed E-state index contributed by atoms with van der Waals surface area (Å²) in [6.07, 6.45) is 2.83. The molecule has 1 heterocycles. The minimum Gasteiger partial charge on any atom is -0.479 e. The smallest absolute Gasteiger partial charge is 0.330 e. The van der Waals surface area contributed by atoms with Gasteiger partial charge in [-0.1, -0.05) is 43.2 Å². The molecule has 132 valence electrons. The summed E-state index contributed by atoms with van der Waals surface area (Å²) < 4.78 is 0. The van der Waals surface area contributed by atoms with E-state index in [-0.39, 0.29) is 0 Å². The molecule has 25 heavy (non-hydrogen) atoms. The summed E-state index contributed by atoms with van der Waals surface area (Å²) in [5.41, 5.74) is -0.476. The highest BCUT2D eigenvalue weighted by Gasteiger charge is 2.52. The largest absolute Gasteiger partial charge is 0.479 e. The number of carbonyl (C=O) groups is 4. The lowest BCUT2D eigenvalue weighted by molar-refractivity contribution is -0.142. The van der Waals surface area contributed by atoms with Crippen LogP contribution in [0.2, 0.25) is 0 Å². The van der Waals surface area contributed by atoms with E-state index in [4.69, 9.17) is 0 Å². The Morgan fingerprint density at radius 3 is 2.44 bits per heavy atom. The average Bonchev–Trinajstić information content (AvgIpc) is 3.14. The monoisotopic (exact) mass is 345 g/mol. The first-order valence-electron chi connectivity index (χ1n) is 8.14. The van der Waals surface area contributed by atoms with Crippen molar-refractivity contribution in [3.63, 3.8) is 0 Å². The normalized spacial score (nSPS) is 19.8. The van der Waals surface area contributed by atoms with Crippen LogP contribution in [-0.2, 0) is 14.4 Å². The SMILES string of the molecule is O=C(CN1C(=O)NC2(CCCC2)C1=O)N[C@H](C(=O)O)c1ccccc1. The van der Waals surface area contributed by atoms with Gasteiger partial charge in [-0.3, -0.25) is 14.5 Å². The molecule has 0 unspecified atom stereocenters. The quantitative estimate of drug-likeness (QED) is 0.683. The molecule has 0 radical (unpaired) electrons. The standard InChI is InChI=1S/C17H19N3O5/c21-12(18-13(14(22)23)11-6-2-1-3-7-11)10-20-15(24)17(19-16(20)25)8-4-5-9-17/h1-3,6-7,13H,4-5,8-10H2,(H,18,21)(H,19,25)(H,22,23)/t13-/m0/s1. The molecule has 1 spiro atoms. The van der Waals surface area contributed by atoms with Crippen LogP contribution >= 0.6 is 0 Å². The third kappa shape index (κ3) is 3.19. The number of carboxylic acid groups (broad SMARTS) is 1. The number of benzene rings is 1. The Kier molecular flexibility index (Phi) is 4.43. The Balaban J connectivity index is 1.68. The molecule has 4 amide bonds. The number of rotatable bonds is 5. The molecule has 0 bridgehead atoms. The van der Waals surface area contributed by atoms with Crippen LogP contribution in [0.25, 0.3) is 0 Å². The minimum atomic E-state index is -1.24. The van der Waals surface area contributed by atoms with Crippen molar-refractivity contribution >= 4 is 23.8 Å². The fourth-order valence-corrected chi connectivity index (χ4v) is 3.42. The molecule has 1 aromatic carbocycles. The highest BCUT2D eigenvalue weighted by molar-refractivity contribution is 6.09. The maximum atomic E-state index is 12.5. The molecule has 1 saturated carbocycles. The number of nitrogens with zero attached hydrogens (tertiary/aromatic N) is 1. The third-order valence-corrected chi connectivity index (χ3v) is 4.69. The number of imide groups is 1.